The fourth-order valence-corrected chi connectivity index (χ4v) is 4.66. The molecule has 156 valence electrons. The van der Waals surface area contributed by atoms with Crippen LogP contribution in [0.5, 0.6) is 0 Å². The van der Waals surface area contributed by atoms with Crippen LogP contribution in [0.2, 0.25) is 0 Å². The van der Waals surface area contributed by atoms with Gasteiger partial charge in [0.1, 0.15) is 11.3 Å². The van der Waals surface area contributed by atoms with Crippen molar-refractivity contribution in [3.8, 4) is 0 Å². The molecule has 0 unspecified atom stereocenters. The van der Waals surface area contributed by atoms with Crippen molar-refractivity contribution < 1.29 is 13.2 Å². The molecule has 29 heavy (non-hydrogen) atoms. The van der Waals surface area contributed by atoms with Gasteiger partial charge >= 0.3 is 0 Å². The number of imidazole rings is 1. The average Bonchev–Trinajstić information content (AvgIpc) is 3.03. The second kappa shape index (κ2) is 9.02. The Morgan fingerprint density at radius 1 is 1.17 bits per heavy atom. The molecule has 2 heterocycles. The van der Waals surface area contributed by atoms with Crippen molar-refractivity contribution in [1.82, 2.24) is 19.7 Å². The zero-order valence-corrected chi connectivity index (χ0v) is 18.1. The van der Waals surface area contributed by atoms with Crippen molar-refractivity contribution in [2.45, 2.75) is 44.6 Å². The highest BCUT2D eigenvalue weighted by Gasteiger charge is 2.21. The number of nitrogens with one attached hydrogen (secondary N) is 2. The molecule has 1 atom stereocenters. The van der Waals surface area contributed by atoms with E-state index in [1.165, 1.54) is 0 Å². The van der Waals surface area contributed by atoms with Crippen molar-refractivity contribution in [2.75, 3.05) is 13.7 Å². The van der Waals surface area contributed by atoms with Gasteiger partial charge in [0.2, 0.25) is 10.0 Å². The Kier molecular flexibility index (Phi) is 6.66. The Hall–Kier alpha value is -2.29. The molecule has 8 heteroatoms. The summed E-state index contributed by atoms with van der Waals surface area (Å²) in [6, 6.07) is 8.55. The summed E-state index contributed by atoms with van der Waals surface area (Å²) in [5, 5.41) is 0. The summed E-state index contributed by atoms with van der Waals surface area (Å²) in [6.07, 6.45) is 3.04. The Labute approximate surface area is 172 Å². The summed E-state index contributed by atoms with van der Waals surface area (Å²) < 4.78 is 33.4. The molecule has 0 amide bonds. The van der Waals surface area contributed by atoms with Crippen LogP contribution >= 0.6 is 0 Å². The van der Waals surface area contributed by atoms with Crippen molar-refractivity contribution in [1.29, 1.82) is 0 Å². The largest absolute Gasteiger partial charge is 0.383 e. The Balaban J connectivity index is 1.76. The number of ether oxygens (including phenoxy) is 1. The number of aromatic nitrogens is 3. The van der Waals surface area contributed by atoms with Crippen LogP contribution in [0.1, 0.15) is 37.4 Å². The van der Waals surface area contributed by atoms with E-state index < -0.39 is 10.0 Å². The van der Waals surface area contributed by atoms with Gasteiger partial charge in [-0.2, -0.15) is 0 Å². The summed E-state index contributed by atoms with van der Waals surface area (Å²) in [6.45, 7) is 6.36. The number of aromatic amines is 1. The normalized spacial score (nSPS) is 13.3. The molecular formula is C21H28N4O3S. The third kappa shape index (κ3) is 5.41. The summed E-state index contributed by atoms with van der Waals surface area (Å²) in [4.78, 5) is 12.4. The number of sulfonamides is 1. The molecule has 3 rings (SSSR count). The molecule has 0 spiro atoms. The highest BCUT2D eigenvalue weighted by atomic mass is 32.2. The van der Waals surface area contributed by atoms with Crippen molar-refractivity contribution >= 4 is 21.1 Å². The van der Waals surface area contributed by atoms with Gasteiger partial charge in [-0.1, -0.05) is 26.0 Å². The summed E-state index contributed by atoms with van der Waals surface area (Å²) in [7, 11) is -2.04. The first kappa shape index (κ1) is 21.4. The van der Waals surface area contributed by atoms with E-state index in [1.54, 1.807) is 25.4 Å². The van der Waals surface area contributed by atoms with Crippen molar-refractivity contribution in [2.24, 2.45) is 5.92 Å². The first-order chi connectivity index (χ1) is 13.8. The van der Waals surface area contributed by atoms with Gasteiger partial charge in [-0.05, 0) is 43.0 Å². The van der Waals surface area contributed by atoms with Gasteiger partial charge in [0.15, 0.2) is 0 Å². The summed E-state index contributed by atoms with van der Waals surface area (Å²) >= 11 is 0. The monoisotopic (exact) mass is 416 g/mol. The summed E-state index contributed by atoms with van der Waals surface area (Å²) in [5.74, 6) is 1.20. The van der Waals surface area contributed by atoms with Crippen LogP contribution in [0.25, 0.3) is 11.0 Å². The molecule has 0 radical (unpaired) electrons. The van der Waals surface area contributed by atoms with E-state index in [2.05, 4.69) is 33.5 Å². The highest BCUT2D eigenvalue weighted by molar-refractivity contribution is 7.89. The molecule has 7 nitrogen and oxygen atoms in total. The highest BCUT2D eigenvalue weighted by Crippen LogP contribution is 2.19. The van der Waals surface area contributed by atoms with Gasteiger partial charge in [0, 0.05) is 25.8 Å². The second-order valence-corrected chi connectivity index (χ2v) is 9.41. The molecular weight excluding hydrogens is 388 g/mol. The Morgan fingerprint density at radius 3 is 2.55 bits per heavy atom. The molecule has 0 fully saturated rings. The van der Waals surface area contributed by atoms with E-state index >= 15 is 0 Å². The van der Waals surface area contributed by atoms with E-state index in [1.807, 2.05) is 25.1 Å². The standard InChI is InChI=1S/C21H28N4O3S/c1-14(2)11-17(13-28-4)25-29(26,27)18-7-5-16(6-8-18)12-20-21-19(9-10-22-20)23-15(3)24-21/h5-10,14,17,25H,11-13H2,1-4H3,(H,23,24)/t17-/m0/s1. The number of H-pyrrole nitrogens is 1. The van der Waals surface area contributed by atoms with Crippen molar-refractivity contribution in [3.63, 3.8) is 0 Å². The van der Waals surface area contributed by atoms with E-state index in [9.17, 15) is 8.42 Å². The lowest BCUT2D eigenvalue weighted by Crippen LogP contribution is -2.38. The van der Waals surface area contributed by atoms with Gasteiger partial charge < -0.3 is 9.72 Å². The minimum absolute atomic E-state index is 0.243. The first-order valence-electron chi connectivity index (χ1n) is 9.69. The zero-order valence-electron chi connectivity index (χ0n) is 17.3. The van der Waals surface area contributed by atoms with Crippen LogP contribution in [0.15, 0.2) is 41.4 Å². The number of hydrogen-bond acceptors (Lipinski definition) is 5. The third-order valence-electron chi connectivity index (χ3n) is 4.65. The van der Waals surface area contributed by atoms with Gasteiger partial charge in [0.05, 0.1) is 22.7 Å². The molecule has 3 aromatic rings. The van der Waals surface area contributed by atoms with E-state index in [-0.39, 0.29) is 10.9 Å². The van der Waals surface area contributed by atoms with Crippen LogP contribution in [0.3, 0.4) is 0 Å². The molecule has 2 N–H and O–H groups in total. The minimum atomic E-state index is -3.61. The maximum Gasteiger partial charge on any atom is 0.240 e. The first-order valence-corrected chi connectivity index (χ1v) is 11.2. The van der Waals surface area contributed by atoms with Gasteiger partial charge in [0.25, 0.3) is 0 Å². The van der Waals surface area contributed by atoms with Gasteiger partial charge in [-0.15, -0.1) is 0 Å². The fraction of sp³-hybridized carbons (Fsp3) is 0.429. The van der Waals surface area contributed by atoms with Gasteiger partial charge in [-0.25, -0.2) is 18.1 Å². The van der Waals surface area contributed by atoms with E-state index in [4.69, 9.17) is 4.74 Å². The number of aryl methyl sites for hydroxylation is 1. The quantitative estimate of drug-likeness (QED) is 0.558. The molecule has 0 aliphatic heterocycles. The molecule has 1 aromatic carbocycles. The molecule has 0 aliphatic rings. The lowest BCUT2D eigenvalue weighted by Gasteiger charge is -2.20. The zero-order chi connectivity index (χ0) is 21.0. The molecule has 0 bridgehead atoms. The number of fused-ring (bicyclic) bond motifs is 1. The number of hydrogen-bond donors (Lipinski definition) is 2. The van der Waals surface area contributed by atoms with Gasteiger partial charge in [-0.3, -0.25) is 4.98 Å². The Bertz CT molecular complexity index is 1060. The predicted molar refractivity (Wildman–Crippen MR) is 113 cm³/mol. The Morgan fingerprint density at radius 2 is 1.90 bits per heavy atom. The summed E-state index contributed by atoms with van der Waals surface area (Å²) in [5.41, 5.74) is 3.63. The van der Waals surface area contributed by atoms with Crippen molar-refractivity contribution in [3.05, 3.63) is 53.6 Å². The number of benzene rings is 1. The lowest BCUT2D eigenvalue weighted by atomic mass is 10.1. The number of rotatable bonds is 9. The fourth-order valence-electron chi connectivity index (χ4n) is 3.43. The van der Waals surface area contributed by atoms with Crippen LogP contribution < -0.4 is 4.72 Å². The molecule has 0 aliphatic carbocycles. The number of pyridine rings is 1. The molecule has 0 saturated carbocycles. The van der Waals surface area contributed by atoms with Crippen LogP contribution in [0.4, 0.5) is 0 Å². The maximum absolute atomic E-state index is 12.8. The maximum atomic E-state index is 12.8. The van der Waals surface area contributed by atoms with Crippen LogP contribution in [-0.4, -0.2) is 43.1 Å². The molecule has 0 saturated heterocycles. The second-order valence-electron chi connectivity index (χ2n) is 7.70. The number of nitrogens with zero attached hydrogens (tertiary/aromatic N) is 2. The average molecular weight is 417 g/mol. The lowest BCUT2D eigenvalue weighted by molar-refractivity contribution is 0.166. The smallest absolute Gasteiger partial charge is 0.240 e. The SMILES string of the molecule is COC[C@H](CC(C)C)NS(=O)(=O)c1ccc(Cc2nccc3[nH]c(C)nc23)cc1. The number of methoxy groups -OCH3 is 1. The topological polar surface area (TPSA) is 97.0 Å². The van der Waals surface area contributed by atoms with Crippen LogP contribution in [-0.2, 0) is 21.2 Å². The van der Waals surface area contributed by atoms with E-state index in [0.717, 1.165) is 28.1 Å². The minimum Gasteiger partial charge on any atom is -0.383 e. The predicted octanol–water partition coefficient (Wildman–Crippen LogP) is 3.20. The van der Waals surface area contributed by atoms with Crippen LogP contribution in [0, 0.1) is 12.8 Å². The third-order valence-corrected chi connectivity index (χ3v) is 6.18. The van der Waals surface area contributed by atoms with E-state index in [0.29, 0.717) is 25.4 Å². The molecule has 2 aromatic heterocycles.